The zero-order valence-corrected chi connectivity index (χ0v) is 11.3. The molecule has 0 fully saturated rings. The molecule has 0 bridgehead atoms. The maximum absolute atomic E-state index is 13.0. The van der Waals surface area contributed by atoms with Gasteiger partial charge in [0.25, 0.3) is 0 Å². The first-order chi connectivity index (χ1) is 7.65. The lowest BCUT2D eigenvalue weighted by Crippen LogP contribution is -1.87. The number of hydrogen-bond donors (Lipinski definition) is 1. The van der Waals surface area contributed by atoms with Crippen molar-refractivity contribution in [1.29, 1.82) is 0 Å². The molecule has 2 aromatic rings. The highest BCUT2D eigenvalue weighted by Crippen LogP contribution is 2.32. The van der Waals surface area contributed by atoms with Gasteiger partial charge in [-0.2, -0.15) is 0 Å². The fraction of sp³-hybridized carbons (Fsp3) is 0. The van der Waals surface area contributed by atoms with Crippen LogP contribution >= 0.6 is 34.4 Å². The summed E-state index contributed by atoms with van der Waals surface area (Å²) in [5, 5.41) is 0. The van der Waals surface area contributed by atoms with Gasteiger partial charge in [0.2, 0.25) is 0 Å². The molecular weight excluding hydrogens is 336 g/mol. The molecule has 0 aromatic heterocycles. The molecule has 0 spiro atoms. The lowest BCUT2D eigenvalue weighted by Gasteiger charge is -2.05. The Morgan fingerprint density at radius 2 is 1.94 bits per heavy atom. The Morgan fingerprint density at radius 1 is 1.12 bits per heavy atom. The highest BCUT2D eigenvalue weighted by molar-refractivity contribution is 14.1. The first kappa shape index (κ1) is 11.7. The van der Waals surface area contributed by atoms with Crippen molar-refractivity contribution in [3.8, 4) is 0 Å². The van der Waals surface area contributed by atoms with Crippen molar-refractivity contribution in [2.75, 3.05) is 5.73 Å². The average Bonchev–Trinajstić information content (AvgIpc) is 2.22. The van der Waals surface area contributed by atoms with Gasteiger partial charge in [-0.3, -0.25) is 0 Å². The van der Waals surface area contributed by atoms with E-state index in [0.717, 1.165) is 19.0 Å². The fourth-order valence-electron chi connectivity index (χ4n) is 1.26. The second-order valence-corrected chi connectivity index (χ2v) is 5.53. The second kappa shape index (κ2) is 5.05. The standard InChI is InChI=1S/C12H9FINS/c13-8-2-1-3-10(6-8)16-12-5-4-9(15)7-11(12)14/h1-7H,15H2. The largest absolute Gasteiger partial charge is 0.399 e. The van der Waals surface area contributed by atoms with E-state index >= 15 is 0 Å². The van der Waals surface area contributed by atoms with Crippen molar-refractivity contribution in [2.24, 2.45) is 0 Å². The molecule has 1 nitrogen and oxygen atoms in total. The molecule has 0 amide bonds. The molecule has 16 heavy (non-hydrogen) atoms. The van der Waals surface area contributed by atoms with Crippen LogP contribution in [0.15, 0.2) is 52.3 Å². The normalized spacial score (nSPS) is 10.4. The summed E-state index contributed by atoms with van der Waals surface area (Å²) < 4.78 is 14.1. The zero-order valence-electron chi connectivity index (χ0n) is 8.28. The van der Waals surface area contributed by atoms with Crippen LogP contribution in [0.25, 0.3) is 0 Å². The average molecular weight is 345 g/mol. The van der Waals surface area contributed by atoms with Crippen LogP contribution in [-0.4, -0.2) is 0 Å². The Hall–Kier alpha value is -0.750. The van der Waals surface area contributed by atoms with E-state index in [4.69, 9.17) is 5.73 Å². The Balaban J connectivity index is 2.27. The molecule has 0 radical (unpaired) electrons. The molecule has 82 valence electrons. The van der Waals surface area contributed by atoms with Gasteiger partial charge in [0.05, 0.1) is 0 Å². The Labute approximate surface area is 111 Å². The van der Waals surface area contributed by atoms with Crippen LogP contribution in [0.4, 0.5) is 10.1 Å². The number of anilines is 1. The molecule has 0 aliphatic rings. The van der Waals surface area contributed by atoms with Crippen LogP contribution < -0.4 is 5.73 Å². The molecule has 0 aliphatic heterocycles. The highest BCUT2D eigenvalue weighted by Gasteiger charge is 2.03. The predicted molar refractivity (Wildman–Crippen MR) is 74.1 cm³/mol. The van der Waals surface area contributed by atoms with Crippen LogP contribution in [0, 0.1) is 9.39 Å². The molecule has 0 atom stereocenters. The zero-order chi connectivity index (χ0) is 11.5. The maximum Gasteiger partial charge on any atom is 0.124 e. The first-order valence-electron chi connectivity index (χ1n) is 4.63. The number of nitrogens with two attached hydrogens (primary N) is 1. The number of nitrogen functional groups attached to an aromatic ring is 1. The Bertz CT molecular complexity index is 516. The van der Waals surface area contributed by atoms with Crippen LogP contribution in [0.2, 0.25) is 0 Å². The third kappa shape index (κ3) is 2.89. The van der Waals surface area contributed by atoms with Crippen molar-refractivity contribution in [3.05, 3.63) is 51.9 Å². The summed E-state index contributed by atoms with van der Waals surface area (Å²) in [5.41, 5.74) is 6.41. The summed E-state index contributed by atoms with van der Waals surface area (Å²) in [7, 11) is 0. The van der Waals surface area contributed by atoms with E-state index < -0.39 is 0 Å². The van der Waals surface area contributed by atoms with Gasteiger partial charge in [0, 0.05) is 19.0 Å². The summed E-state index contributed by atoms with van der Waals surface area (Å²) in [6.07, 6.45) is 0. The van der Waals surface area contributed by atoms with Gasteiger partial charge < -0.3 is 5.73 Å². The van der Waals surface area contributed by atoms with Crippen LogP contribution in [-0.2, 0) is 0 Å². The smallest absolute Gasteiger partial charge is 0.124 e. The maximum atomic E-state index is 13.0. The third-order valence-electron chi connectivity index (χ3n) is 1.98. The summed E-state index contributed by atoms with van der Waals surface area (Å²) >= 11 is 3.76. The SMILES string of the molecule is Nc1ccc(Sc2cccc(F)c2)c(I)c1. The molecule has 2 N–H and O–H groups in total. The number of benzene rings is 2. The summed E-state index contributed by atoms with van der Waals surface area (Å²) in [6.45, 7) is 0. The molecule has 0 aliphatic carbocycles. The minimum atomic E-state index is -0.213. The van der Waals surface area contributed by atoms with Gasteiger partial charge in [0.15, 0.2) is 0 Å². The molecule has 0 saturated heterocycles. The van der Waals surface area contributed by atoms with E-state index in [-0.39, 0.29) is 5.82 Å². The fourth-order valence-corrected chi connectivity index (χ4v) is 2.99. The van der Waals surface area contributed by atoms with E-state index in [1.807, 2.05) is 24.3 Å². The predicted octanol–water partition coefficient (Wildman–Crippen LogP) is 4.16. The van der Waals surface area contributed by atoms with Gasteiger partial charge in [-0.1, -0.05) is 17.8 Å². The van der Waals surface area contributed by atoms with Gasteiger partial charge in [0.1, 0.15) is 5.82 Å². The second-order valence-electron chi connectivity index (χ2n) is 3.25. The highest BCUT2D eigenvalue weighted by atomic mass is 127. The van der Waals surface area contributed by atoms with Gasteiger partial charge in [-0.05, 0) is 59.0 Å². The van der Waals surface area contributed by atoms with Gasteiger partial charge in [-0.15, -0.1) is 0 Å². The summed E-state index contributed by atoms with van der Waals surface area (Å²) in [6, 6.07) is 12.3. The quantitative estimate of drug-likeness (QED) is 0.653. The van der Waals surface area contributed by atoms with E-state index in [1.54, 1.807) is 6.07 Å². The van der Waals surface area contributed by atoms with E-state index in [0.29, 0.717) is 0 Å². The van der Waals surface area contributed by atoms with Crippen molar-refractivity contribution in [1.82, 2.24) is 0 Å². The van der Waals surface area contributed by atoms with Crippen molar-refractivity contribution in [3.63, 3.8) is 0 Å². The number of halogens is 2. The van der Waals surface area contributed by atoms with Gasteiger partial charge in [-0.25, -0.2) is 4.39 Å². The number of rotatable bonds is 2. The molecular formula is C12H9FINS. The summed E-state index contributed by atoms with van der Waals surface area (Å²) in [4.78, 5) is 1.98. The van der Waals surface area contributed by atoms with Crippen molar-refractivity contribution in [2.45, 2.75) is 9.79 Å². The Kier molecular flexibility index (Phi) is 3.70. The molecule has 0 heterocycles. The van der Waals surface area contributed by atoms with Gasteiger partial charge >= 0.3 is 0 Å². The lowest BCUT2D eigenvalue weighted by molar-refractivity contribution is 0.624. The minimum Gasteiger partial charge on any atom is -0.399 e. The first-order valence-corrected chi connectivity index (χ1v) is 6.53. The molecule has 4 heteroatoms. The minimum absolute atomic E-state index is 0.213. The van der Waals surface area contributed by atoms with Crippen molar-refractivity contribution < 1.29 is 4.39 Å². The third-order valence-corrected chi connectivity index (χ3v) is 4.30. The topological polar surface area (TPSA) is 26.0 Å². The van der Waals surface area contributed by atoms with Crippen LogP contribution in [0.5, 0.6) is 0 Å². The molecule has 0 saturated carbocycles. The molecule has 2 rings (SSSR count). The van der Waals surface area contributed by atoms with E-state index in [9.17, 15) is 4.39 Å². The van der Waals surface area contributed by atoms with Crippen LogP contribution in [0.1, 0.15) is 0 Å². The van der Waals surface area contributed by atoms with Crippen LogP contribution in [0.3, 0.4) is 0 Å². The summed E-state index contributed by atoms with van der Waals surface area (Å²) in [5.74, 6) is -0.213. The molecule has 0 unspecified atom stereocenters. The molecule has 2 aromatic carbocycles. The monoisotopic (exact) mass is 345 g/mol. The Morgan fingerprint density at radius 3 is 2.62 bits per heavy atom. The van der Waals surface area contributed by atoms with E-state index in [2.05, 4.69) is 22.6 Å². The lowest BCUT2D eigenvalue weighted by atomic mass is 10.3. The number of hydrogen-bond acceptors (Lipinski definition) is 2. The van der Waals surface area contributed by atoms with Crippen molar-refractivity contribution >= 4 is 40.0 Å². The van der Waals surface area contributed by atoms with E-state index in [1.165, 1.54) is 23.9 Å².